The number of hydrogen-bond acceptors (Lipinski definition) is 8. The molecule has 5 amide bonds. The molecule has 0 bridgehead atoms. The molecular weight excluding hydrogens is 606 g/mol. The molecule has 2 heterocycles. The number of nitrogens with one attached hydrogen (secondary N) is 3. The second-order valence-electron chi connectivity index (χ2n) is 12.6. The Morgan fingerprint density at radius 1 is 1.00 bits per heavy atom. The van der Waals surface area contributed by atoms with Crippen molar-refractivity contribution in [2.24, 2.45) is 5.92 Å². The topological polar surface area (TPSA) is 151 Å². The van der Waals surface area contributed by atoms with E-state index in [9.17, 15) is 19.5 Å². The molecule has 4 N–H and O–H groups in total. The van der Waals surface area contributed by atoms with Gasteiger partial charge in [0.15, 0.2) is 11.5 Å². The average molecular weight is 656 g/mol. The highest BCUT2D eigenvalue weighted by atomic mass is 16.7. The molecule has 0 fully saturated rings. The van der Waals surface area contributed by atoms with E-state index < -0.39 is 12.1 Å². The van der Waals surface area contributed by atoms with Gasteiger partial charge in [0.25, 0.3) is 5.91 Å². The first-order valence-corrected chi connectivity index (χ1v) is 16.3. The molecule has 2 aliphatic rings. The fourth-order valence-corrected chi connectivity index (χ4v) is 5.44. The highest BCUT2D eigenvalue weighted by Gasteiger charge is 2.31. The van der Waals surface area contributed by atoms with Gasteiger partial charge in [-0.25, -0.2) is 9.59 Å². The molecule has 0 radical (unpaired) electrons. The van der Waals surface area contributed by atoms with E-state index in [0.29, 0.717) is 41.8 Å². The first-order chi connectivity index (χ1) is 22.4. The molecule has 0 aliphatic carbocycles. The SMILES string of the molecule is CC(C)NC(=O)N(C)C[C@H]1OCCCC[C@H](C)Oc2ccc(NC(=O)Nc3ccc4c(c3)OCO4)cc2C(=O)N([C@H](C)CO)C[C@@H]1C. The largest absolute Gasteiger partial charge is 0.490 e. The first-order valence-electron chi connectivity index (χ1n) is 16.3. The van der Waals surface area contributed by atoms with E-state index in [1.54, 1.807) is 60.2 Å². The number of aliphatic hydroxyl groups excluding tert-OH is 1. The molecular formula is C34H49N5O8. The number of carbonyl (C=O) groups excluding carboxylic acids is 3. The summed E-state index contributed by atoms with van der Waals surface area (Å²) in [5, 5.41) is 18.7. The Balaban J connectivity index is 1.58. The standard InChI is InChI=1S/C34H49N5O8/c1-21(2)35-34(43)38(6)18-31-22(3)17-39(23(4)19-40)32(41)27-15-25(10-12-28(27)47-24(5)9-7-8-14-44-31)36-33(42)37-26-11-13-29-30(16-26)46-20-45-29/h10-13,15-16,21-24,31,40H,7-9,14,17-20H2,1-6H3,(H,35,43)(H2,36,37,42)/t22-,23+,24-,31+/m0/s1. The molecule has 13 nitrogen and oxygen atoms in total. The lowest BCUT2D eigenvalue weighted by Crippen LogP contribution is -2.49. The van der Waals surface area contributed by atoms with Crippen LogP contribution in [0.2, 0.25) is 0 Å². The molecule has 0 unspecified atom stereocenters. The van der Waals surface area contributed by atoms with Gasteiger partial charge in [0.2, 0.25) is 6.79 Å². The highest BCUT2D eigenvalue weighted by molar-refractivity contribution is 6.02. The van der Waals surface area contributed by atoms with Crippen molar-refractivity contribution in [3.8, 4) is 17.2 Å². The highest BCUT2D eigenvalue weighted by Crippen LogP contribution is 2.34. The molecule has 0 saturated heterocycles. The van der Waals surface area contributed by atoms with E-state index in [1.807, 2.05) is 27.7 Å². The monoisotopic (exact) mass is 655 g/mol. The molecule has 0 saturated carbocycles. The summed E-state index contributed by atoms with van der Waals surface area (Å²) in [6.45, 7) is 10.5. The maximum atomic E-state index is 14.3. The van der Waals surface area contributed by atoms with Crippen LogP contribution >= 0.6 is 0 Å². The molecule has 0 spiro atoms. The van der Waals surface area contributed by atoms with Crippen LogP contribution in [0.25, 0.3) is 0 Å². The lowest BCUT2D eigenvalue weighted by atomic mass is 10.0. The summed E-state index contributed by atoms with van der Waals surface area (Å²) in [5.74, 6) is 0.982. The van der Waals surface area contributed by atoms with Crippen molar-refractivity contribution in [3.63, 3.8) is 0 Å². The van der Waals surface area contributed by atoms with Crippen molar-refractivity contribution in [1.29, 1.82) is 0 Å². The summed E-state index contributed by atoms with van der Waals surface area (Å²) in [6.07, 6.45) is 1.85. The van der Waals surface area contributed by atoms with Crippen LogP contribution in [0.1, 0.15) is 64.2 Å². The Morgan fingerprint density at radius 3 is 2.38 bits per heavy atom. The van der Waals surface area contributed by atoms with Gasteiger partial charge in [-0.2, -0.15) is 0 Å². The zero-order valence-corrected chi connectivity index (χ0v) is 28.2. The predicted molar refractivity (Wildman–Crippen MR) is 178 cm³/mol. The molecule has 13 heteroatoms. The maximum Gasteiger partial charge on any atom is 0.323 e. The van der Waals surface area contributed by atoms with Crippen LogP contribution in [-0.4, -0.2) is 97.3 Å². The minimum atomic E-state index is -0.531. The summed E-state index contributed by atoms with van der Waals surface area (Å²) in [7, 11) is 1.73. The number of anilines is 2. The smallest absolute Gasteiger partial charge is 0.323 e. The number of aliphatic hydroxyl groups is 1. The Hall–Kier alpha value is -4.23. The van der Waals surface area contributed by atoms with Gasteiger partial charge < -0.3 is 49.8 Å². The number of benzene rings is 2. The van der Waals surface area contributed by atoms with E-state index in [4.69, 9.17) is 18.9 Å². The Bertz CT molecular complexity index is 1390. The number of rotatable bonds is 7. The number of amides is 5. The normalized spacial score (nSPS) is 20.8. The fourth-order valence-electron chi connectivity index (χ4n) is 5.44. The molecule has 2 aromatic carbocycles. The molecule has 258 valence electrons. The van der Waals surface area contributed by atoms with E-state index in [1.165, 1.54) is 0 Å². The fraction of sp³-hybridized carbons (Fsp3) is 0.559. The third-order valence-corrected chi connectivity index (χ3v) is 8.15. The third kappa shape index (κ3) is 9.88. The number of nitrogens with zero attached hydrogens (tertiary/aromatic N) is 2. The van der Waals surface area contributed by atoms with Crippen LogP contribution in [0, 0.1) is 5.92 Å². The second-order valence-corrected chi connectivity index (χ2v) is 12.6. The van der Waals surface area contributed by atoms with E-state index >= 15 is 0 Å². The minimum Gasteiger partial charge on any atom is -0.490 e. The molecule has 4 atom stereocenters. The zero-order chi connectivity index (χ0) is 34.1. The minimum absolute atomic E-state index is 0.00999. The summed E-state index contributed by atoms with van der Waals surface area (Å²) in [6, 6.07) is 8.81. The third-order valence-electron chi connectivity index (χ3n) is 8.15. The predicted octanol–water partition coefficient (Wildman–Crippen LogP) is 4.90. The van der Waals surface area contributed by atoms with Gasteiger partial charge in [-0.15, -0.1) is 0 Å². The van der Waals surface area contributed by atoms with Crippen molar-refractivity contribution in [1.82, 2.24) is 15.1 Å². The molecule has 47 heavy (non-hydrogen) atoms. The van der Waals surface area contributed by atoms with Crippen molar-refractivity contribution in [3.05, 3.63) is 42.0 Å². The van der Waals surface area contributed by atoms with Gasteiger partial charge >= 0.3 is 12.1 Å². The number of fused-ring (bicyclic) bond motifs is 2. The number of carbonyl (C=O) groups is 3. The van der Waals surface area contributed by atoms with E-state index in [0.717, 1.165) is 19.3 Å². The van der Waals surface area contributed by atoms with Gasteiger partial charge in [-0.3, -0.25) is 4.79 Å². The van der Waals surface area contributed by atoms with Crippen LogP contribution in [0.4, 0.5) is 21.0 Å². The number of hydrogen-bond donors (Lipinski definition) is 4. The van der Waals surface area contributed by atoms with Crippen molar-refractivity contribution < 1.29 is 38.4 Å². The van der Waals surface area contributed by atoms with Gasteiger partial charge in [0, 0.05) is 56.1 Å². The van der Waals surface area contributed by atoms with E-state index in [2.05, 4.69) is 16.0 Å². The summed E-state index contributed by atoms with van der Waals surface area (Å²) in [5.41, 5.74) is 1.16. The zero-order valence-electron chi connectivity index (χ0n) is 28.2. The lowest BCUT2D eigenvalue weighted by molar-refractivity contribution is -0.0122. The second kappa shape index (κ2) is 16.6. The number of ether oxygens (including phenoxy) is 4. The van der Waals surface area contributed by atoms with Crippen LogP contribution in [0.3, 0.4) is 0 Å². The summed E-state index contributed by atoms with van der Waals surface area (Å²) < 4.78 is 23.3. The van der Waals surface area contributed by atoms with Crippen LogP contribution < -0.4 is 30.2 Å². The van der Waals surface area contributed by atoms with Crippen LogP contribution in [-0.2, 0) is 4.74 Å². The lowest BCUT2D eigenvalue weighted by Gasteiger charge is -2.36. The Labute approximate surface area is 276 Å². The number of urea groups is 2. The Kier molecular flexibility index (Phi) is 12.5. The van der Waals surface area contributed by atoms with Gasteiger partial charge in [-0.05, 0) is 77.3 Å². The van der Waals surface area contributed by atoms with Crippen LogP contribution in [0.15, 0.2) is 36.4 Å². The maximum absolute atomic E-state index is 14.3. The van der Waals surface area contributed by atoms with Gasteiger partial charge in [-0.1, -0.05) is 6.92 Å². The molecule has 2 aromatic rings. The summed E-state index contributed by atoms with van der Waals surface area (Å²) in [4.78, 5) is 43.2. The van der Waals surface area contributed by atoms with Gasteiger partial charge in [0.1, 0.15) is 5.75 Å². The number of likely N-dealkylation sites (N-methyl/N-ethyl adjacent to an activating group) is 1. The quantitative estimate of drug-likeness (QED) is 0.329. The van der Waals surface area contributed by atoms with Crippen molar-refractivity contribution >= 4 is 29.3 Å². The summed E-state index contributed by atoms with van der Waals surface area (Å²) >= 11 is 0. The average Bonchev–Trinajstić information content (AvgIpc) is 3.50. The molecule has 4 rings (SSSR count). The van der Waals surface area contributed by atoms with Crippen LogP contribution in [0.5, 0.6) is 17.2 Å². The first kappa shape index (κ1) is 35.6. The molecule has 2 aliphatic heterocycles. The van der Waals surface area contributed by atoms with Crippen molar-refractivity contribution in [2.75, 3.05) is 50.8 Å². The van der Waals surface area contributed by atoms with Crippen molar-refractivity contribution in [2.45, 2.75) is 78.2 Å². The van der Waals surface area contributed by atoms with Gasteiger partial charge in [0.05, 0.1) is 30.4 Å². The Morgan fingerprint density at radius 2 is 1.68 bits per heavy atom. The van der Waals surface area contributed by atoms with E-state index in [-0.39, 0.29) is 61.6 Å². The molecule has 0 aromatic heterocycles.